The summed E-state index contributed by atoms with van der Waals surface area (Å²) in [4.78, 5) is 2.36. The molecule has 2 saturated heterocycles. The minimum absolute atomic E-state index is 0.0859. The molecule has 0 radical (unpaired) electrons. The van der Waals surface area contributed by atoms with E-state index in [1.165, 1.54) is 0 Å². The molecule has 2 heterocycles. The molecular formula is C26H37N3O5. The van der Waals surface area contributed by atoms with E-state index in [4.69, 9.17) is 18.9 Å². The number of hydrogen-bond acceptors (Lipinski definition) is 8. The molecule has 5 atom stereocenters. The van der Waals surface area contributed by atoms with E-state index in [0.717, 1.165) is 30.8 Å². The van der Waals surface area contributed by atoms with Gasteiger partial charge >= 0.3 is 0 Å². The highest BCUT2D eigenvalue weighted by atomic mass is 16.5. The number of ether oxygens (including phenoxy) is 4. The molecule has 34 heavy (non-hydrogen) atoms. The molecule has 186 valence electrons. The molecule has 2 aliphatic rings. The average Bonchev–Trinajstić information content (AvgIpc) is 3.19. The fraction of sp³-hybridized carbons (Fsp3) is 0.538. The summed E-state index contributed by atoms with van der Waals surface area (Å²) in [5.41, 5.74) is 8.59. The summed E-state index contributed by atoms with van der Waals surface area (Å²) >= 11 is 0. The number of methoxy groups -OCH3 is 2. The molecule has 8 nitrogen and oxygen atoms in total. The van der Waals surface area contributed by atoms with Crippen LogP contribution in [0.1, 0.15) is 43.9 Å². The maximum absolute atomic E-state index is 10.9. The van der Waals surface area contributed by atoms with Crippen LogP contribution in [0, 0.1) is 0 Å². The number of morpholine rings is 1. The lowest BCUT2D eigenvalue weighted by molar-refractivity contribution is -0.0699. The van der Waals surface area contributed by atoms with Gasteiger partial charge in [0.2, 0.25) is 0 Å². The van der Waals surface area contributed by atoms with Crippen LogP contribution in [0.25, 0.3) is 0 Å². The molecule has 8 heteroatoms. The molecule has 0 saturated carbocycles. The smallest absolute Gasteiger partial charge is 0.160 e. The first kappa shape index (κ1) is 24.6. The molecule has 4 rings (SSSR count). The molecule has 5 unspecified atom stereocenters. The Balaban J connectivity index is 1.44. The first-order valence-corrected chi connectivity index (χ1v) is 12.0. The van der Waals surface area contributed by atoms with Crippen molar-refractivity contribution in [3.05, 3.63) is 47.5 Å². The molecule has 0 aliphatic carbocycles. The predicted octanol–water partition coefficient (Wildman–Crippen LogP) is 3.22. The molecule has 3 N–H and O–H groups in total. The van der Waals surface area contributed by atoms with Crippen LogP contribution in [0.2, 0.25) is 0 Å². The number of rotatable bonds is 8. The third-order valence-electron chi connectivity index (χ3n) is 6.67. The number of phenolic OH excluding ortho intramolecular Hbond substituents is 1. The normalized spacial score (nSPS) is 27.5. The Hall–Kier alpha value is -2.52. The van der Waals surface area contributed by atoms with E-state index in [1.54, 1.807) is 20.3 Å². The van der Waals surface area contributed by atoms with Crippen LogP contribution >= 0.6 is 0 Å². The van der Waals surface area contributed by atoms with E-state index in [1.807, 2.05) is 30.3 Å². The van der Waals surface area contributed by atoms with Gasteiger partial charge in [-0.05, 0) is 44.5 Å². The monoisotopic (exact) mass is 471 g/mol. The third-order valence-corrected chi connectivity index (χ3v) is 6.67. The van der Waals surface area contributed by atoms with Gasteiger partial charge < -0.3 is 24.1 Å². The molecule has 2 aliphatic heterocycles. The minimum atomic E-state index is -0.113. The topological polar surface area (TPSA) is 84.5 Å². The highest BCUT2D eigenvalue weighted by Crippen LogP contribution is 2.43. The second kappa shape index (κ2) is 10.8. The van der Waals surface area contributed by atoms with Crippen LogP contribution in [0.3, 0.4) is 0 Å². The van der Waals surface area contributed by atoms with E-state index in [0.29, 0.717) is 23.9 Å². The summed E-state index contributed by atoms with van der Waals surface area (Å²) in [5.74, 6) is 2.35. The van der Waals surface area contributed by atoms with Gasteiger partial charge in [0.15, 0.2) is 11.5 Å². The summed E-state index contributed by atoms with van der Waals surface area (Å²) in [7, 11) is 3.27. The zero-order chi connectivity index (χ0) is 24.2. The Bertz CT molecular complexity index is 961. The van der Waals surface area contributed by atoms with Crippen molar-refractivity contribution in [2.45, 2.75) is 51.0 Å². The first-order chi connectivity index (χ1) is 16.4. The van der Waals surface area contributed by atoms with E-state index < -0.39 is 0 Å². The molecular weight excluding hydrogens is 434 g/mol. The summed E-state index contributed by atoms with van der Waals surface area (Å²) in [5, 5.41) is 10.9. The largest absolute Gasteiger partial charge is 0.507 e. The van der Waals surface area contributed by atoms with Crippen molar-refractivity contribution in [1.82, 2.24) is 15.8 Å². The van der Waals surface area contributed by atoms with Crippen molar-refractivity contribution in [3.63, 3.8) is 0 Å². The quantitative estimate of drug-likeness (QED) is 0.541. The highest BCUT2D eigenvalue weighted by molar-refractivity contribution is 5.48. The number of aromatic hydroxyl groups is 1. The summed E-state index contributed by atoms with van der Waals surface area (Å²) in [6.45, 7) is 9.53. The number of hydrazine groups is 1. The van der Waals surface area contributed by atoms with Crippen LogP contribution in [-0.4, -0.2) is 68.7 Å². The number of nitrogens with one attached hydrogen (secondary N) is 2. The zero-order valence-corrected chi connectivity index (χ0v) is 20.7. The molecule has 2 aromatic carbocycles. The minimum Gasteiger partial charge on any atom is -0.507 e. The second-order valence-electron chi connectivity index (χ2n) is 9.28. The standard InChI is InChI=1S/C26H37N3O5/c1-16-14-29(15-17(2)34-16)10-11-33-20-7-8-21(22(30)13-20)26-25(18(3)27-28-26)19-6-9-23(31-4)24(12-19)32-5/h6-9,12-13,16-18,25-28,30H,10-11,14-15H2,1-5H3. The van der Waals surface area contributed by atoms with Crippen LogP contribution in [0.15, 0.2) is 36.4 Å². The van der Waals surface area contributed by atoms with E-state index in [2.05, 4.69) is 36.5 Å². The molecule has 0 bridgehead atoms. The van der Waals surface area contributed by atoms with E-state index >= 15 is 0 Å². The van der Waals surface area contributed by atoms with Crippen molar-refractivity contribution >= 4 is 0 Å². The van der Waals surface area contributed by atoms with Gasteiger partial charge in [-0.2, -0.15) is 0 Å². The fourth-order valence-electron chi connectivity index (χ4n) is 5.14. The maximum atomic E-state index is 10.9. The fourth-order valence-corrected chi connectivity index (χ4v) is 5.14. The van der Waals surface area contributed by atoms with E-state index in [9.17, 15) is 5.11 Å². The Morgan fingerprint density at radius 1 is 0.971 bits per heavy atom. The Labute approximate surface area is 202 Å². The highest BCUT2D eigenvalue weighted by Gasteiger charge is 2.37. The van der Waals surface area contributed by atoms with Crippen LogP contribution < -0.4 is 25.1 Å². The molecule has 0 spiro atoms. The lowest BCUT2D eigenvalue weighted by Crippen LogP contribution is -2.46. The average molecular weight is 472 g/mol. The van der Waals surface area contributed by atoms with Gasteiger partial charge in [0.05, 0.1) is 32.5 Å². The predicted molar refractivity (Wildman–Crippen MR) is 131 cm³/mol. The van der Waals surface area contributed by atoms with Gasteiger partial charge in [-0.25, -0.2) is 5.43 Å². The van der Waals surface area contributed by atoms with Crippen molar-refractivity contribution < 1.29 is 24.1 Å². The molecule has 0 amide bonds. The van der Waals surface area contributed by atoms with Crippen molar-refractivity contribution in [2.75, 3.05) is 40.5 Å². The SMILES string of the molecule is COc1ccc(C2C(C)NNC2c2ccc(OCCN3CC(C)OC(C)C3)cc2O)cc1OC. The van der Waals surface area contributed by atoms with Gasteiger partial charge in [-0.1, -0.05) is 12.1 Å². The van der Waals surface area contributed by atoms with Crippen LogP contribution in [0.5, 0.6) is 23.0 Å². The van der Waals surface area contributed by atoms with E-state index in [-0.39, 0.29) is 36.0 Å². The summed E-state index contributed by atoms with van der Waals surface area (Å²) < 4.78 is 22.6. The zero-order valence-electron chi connectivity index (χ0n) is 20.7. The lowest BCUT2D eigenvalue weighted by atomic mass is 9.84. The molecule has 0 aromatic heterocycles. The Morgan fingerprint density at radius 2 is 1.71 bits per heavy atom. The van der Waals surface area contributed by atoms with Crippen molar-refractivity contribution in [3.8, 4) is 23.0 Å². The molecule has 2 fully saturated rings. The van der Waals surface area contributed by atoms with Crippen molar-refractivity contribution in [1.29, 1.82) is 0 Å². The number of hydrogen-bond donors (Lipinski definition) is 3. The summed E-state index contributed by atoms with van der Waals surface area (Å²) in [6.07, 6.45) is 0.473. The van der Waals surface area contributed by atoms with Gasteiger partial charge in [-0.3, -0.25) is 10.3 Å². The van der Waals surface area contributed by atoms with Gasteiger partial charge in [0, 0.05) is 43.2 Å². The Morgan fingerprint density at radius 3 is 2.38 bits per heavy atom. The van der Waals surface area contributed by atoms with Crippen molar-refractivity contribution in [2.24, 2.45) is 0 Å². The van der Waals surface area contributed by atoms with Gasteiger partial charge in [0.1, 0.15) is 18.1 Å². The van der Waals surface area contributed by atoms with Gasteiger partial charge in [0.25, 0.3) is 0 Å². The summed E-state index contributed by atoms with van der Waals surface area (Å²) in [6, 6.07) is 11.6. The molecule has 2 aromatic rings. The first-order valence-electron chi connectivity index (χ1n) is 12.0. The number of nitrogens with zero attached hydrogens (tertiary/aromatic N) is 1. The third kappa shape index (κ3) is 5.41. The van der Waals surface area contributed by atoms with Crippen LogP contribution in [0.4, 0.5) is 0 Å². The van der Waals surface area contributed by atoms with Gasteiger partial charge in [-0.15, -0.1) is 0 Å². The number of benzene rings is 2. The second-order valence-corrected chi connectivity index (χ2v) is 9.28. The maximum Gasteiger partial charge on any atom is 0.160 e. The van der Waals surface area contributed by atoms with Crippen LogP contribution in [-0.2, 0) is 4.74 Å². The number of phenols is 1. The Kier molecular flexibility index (Phi) is 7.83. The lowest BCUT2D eigenvalue weighted by Gasteiger charge is -2.35.